The van der Waals surface area contributed by atoms with Gasteiger partial charge < -0.3 is 4.42 Å². The predicted molar refractivity (Wildman–Crippen MR) is 117 cm³/mol. The highest BCUT2D eigenvalue weighted by Crippen LogP contribution is 2.55. The number of benzene rings is 2. The van der Waals surface area contributed by atoms with Crippen molar-refractivity contribution in [2.24, 2.45) is 18.9 Å². The van der Waals surface area contributed by atoms with E-state index < -0.39 is 0 Å². The van der Waals surface area contributed by atoms with Gasteiger partial charge in [0, 0.05) is 21.2 Å². The Morgan fingerprint density at radius 2 is 2.00 bits per heavy atom. The van der Waals surface area contributed by atoms with E-state index in [1.54, 1.807) is 5.56 Å². The second-order valence-corrected chi connectivity index (χ2v) is 10.4. The summed E-state index contributed by atoms with van der Waals surface area (Å²) in [7, 11) is 2.18. The van der Waals surface area contributed by atoms with Crippen LogP contribution in [0.3, 0.4) is 0 Å². The van der Waals surface area contributed by atoms with Gasteiger partial charge in [0.2, 0.25) is 5.69 Å². The van der Waals surface area contributed by atoms with Crippen LogP contribution in [0.1, 0.15) is 42.7 Å². The Morgan fingerprint density at radius 3 is 2.83 bits per heavy atom. The molecule has 2 aromatic carbocycles. The zero-order valence-corrected chi connectivity index (χ0v) is 17.7. The molecule has 4 aromatic rings. The minimum Gasteiger partial charge on any atom is -0.464 e. The van der Waals surface area contributed by atoms with Crippen molar-refractivity contribution in [1.82, 2.24) is 0 Å². The summed E-state index contributed by atoms with van der Waals surface area (Å²) in [5.41, 5.74) is 6.62. The highest BCUT2D eigenvalue weighted by molar-refractivity contribution is 7.99. The van der Waals surface area contributed by atoms with Gasteiger partial charge in [0.05, 0.1) is 17.2 Å². The normalized spacial score (nSPS) is 24.6. The Hall–Kier alpha value is -2.26. The molecule has 0 N–H and O–H groups in total. The van der Waals surface area contributed by atoms with Crippen LogP contribution in [0.5, 0.6) is 0 Å². The van der Waals surface area contributed by atoms with Crippen molar-refractivity contribution in [2.75, 3.05) is 0 Å². The Morgan fingerprint density at radius 1 is 1.07 bits per heavy atom. The number of pyridine rings is 1. The molecule has 0 radical (unpaired) electrons. The smallest absolute Gasteiger partial charge is 0.222 e. The molecule has 3 heterocycles. The molecule has 29 heavy (non-hydrogen) atoms. The number of hydrogen-bond acceptors (Lipinski definition) is 2. The van der Waals surface area contributed by atoms with Crippen LogP contribution in [-0.2, 0) is 7.05 Å². The van der Waals surface area contributed by atoms with Crippen LogP contribution in [-0.4, -0.2) is 0 Å². The molecule has 0 amide bonds. The van der Waals surface area contributed by atoms with Crippen molar-refractivity contribution < 1.29 is 8.98 Å². The molecule has 3 heteroatoms. The summed E-state index contributed by atoms with van der Waals surface area (Å²) >= 11 is 1.94. The van der Waals surface area contributed by atoms with Gasteiger partial charge in [-0.25, -0.2) is 4.57 Å². The Labute approximate surface area is 174 Å². The average molecular weight is 399 g/mol. The van der Waals surface area contributed by atoms with Gasteiger partial charge in [-0.2, -0.15) is 0 Å². The van der Waals surface area contributed by atoms with E-state index in [1.165, 1.54) is 68.5 Å². The molecule has 7 rings (SSSR count). The zero-order chi connectivity index (χ0) is 19.3. The maximum atomic E-state index is 5.77. The van der Waals surface area contributed by atoms with Crippen LogP contribution >= 0.6 is 11.8 Å². The molecule has 144 valence electrons. The maximum Gasteiger partial charge on any atom is 0.222 e. The van der Waals surface area contributed by atoms with E-state index in [-0.39, 0.29) is 0 Å². The van der Waals surface area contributed by atoms with E-state index in [1.807, 2.05) is 18.0 Å². The van der Waals surface area contributed by atoms with E-state index in [0.717, 1.165) is 23.3 Å². The summed E-state index contributed by atoms with van der Waals surface area (Å²) in [6.45, 7) is 2.24. The third-order valence-corrected chi connectivity index (χ3v) is 8.91. The van der Waals surface area contributed by atoms with Crippen molar-refractivity contribution in [3.05, 3.63) is 53.9 Å². The number of rotatable bonds is 1. The number of hydrogen-bond donors (Lipinski definition) is 0. The van der Waals surface area contributed by atoms with Crippen LogP contribution in [0.4, 0.5) is 0 Å². The Balaban J connectivity index is 1.51. The van der Waals surface area contributed by atoms with Crippen molar-refractivity contribution in [3.63, 3.8) is 0 Å². The predicted octanol–water partition coefficient (Wildman–Crippen LogP) is 6.75. The first-order valence-electron chi connectivity index (χ1n) is 10.8. The molecule has 1 aliphatic heterocycles. The quantitative estimate of drug-likeness (QED) is 0.290. The first-order valence-corrected chi connectivity index (χ1v) is 11.6. The molecule has 3 aliphatic rings. The lowest BCUT2D eigenvalue weighted by Gasteiger charge is -2.25. The van der Waals surface area contributed by atoms with Crippen LogP contribution in [0.2, 0.25) is 0 Å². The summed E-state index contributed by atoms with van der Waals surface area (Å²) in [4.78, 5) is 2.75. The van der Waals surface area contributed by atoms with Gasteiger partial charge in [-0.05, 0) is 78.7 Å². The topological polar surface area (TPSA) is 17.0 Å². The van der Waals surface area contributed by atoms with Gasteiger partial charge >= 0.3 is 0 Å². The van der Waals surface area contributed by atoms with Crippen LogP contribution in [0, 0.1) is 18.8 Å². The summed E-state index contributed by atoms with van der Waals surface area (Å²) in [5, 5.41) is 4.05. The third-order valence-electron chi connectivity index (χ3n) is 7.83. The summed E-state index contributed by atoms with van der Waals surface area (Å²) < 4.78 is 8.08. The highest BCUT2D eigenvalue weighted by Gasteiger charge is 2.41. The molecule has 2 saturated carbocycles. The van der Waals surface area contributed by atoms with E-state index in [9.17, 15) is 0 Å². The van der Waals surface area contributed by atoms with Gasteiger partial charge in [-0.15, -0.1) is 0 Å². The summed E-state index contributed by atoms with van der Waals surface area (Å²) in [5.74, 6) is 2.65. The lowest BCUT2D eigenvalue weighted by atomic mass is 9.82. The molecule has 0 spiro atoms. The zero-order valence-electron chi connectivity index (χ0n) is 16.9. The van der Waals surface area contributed by atoms with Gasteiger partial charge in [0.15, 0.2) is 6.20 Å². The lowest BCUT2D eigenvalue weighted by Crippen LogP contribution is -2.31. The minimum atomic E-state index is 0.767. The molecule has 2 aliphatic carbocycles. The number of aromatic nitrogens is 1. The van der Waals surface area contributed by atoms with Gasteiger partial charge in [-0.1, -0.05) is 24.2 Å². The first-order chi connectivity index (χ1) is 14.2. The third kappa shape index (κ3) is 2.17. The molecular weight excluding hydrogens is 374 g/mol. The molecule has 3 unspecified atom stereocenters. The molecule has 2 bridgehead atoms. The number of furan rings is 1. The van der Waals surface area contributed by atoms with Crippen LogP contribution in [0.15, 0.2) is 57.0 Å². The maximum absolute atomic E-state index is 5.77. The van der Waals surface area contributed by atoms with Gasteiger partial charge in [0.1, 0.15) is 12.6 Å². The molecule has 2 aromatic heterocycles. The van der Waals surface area contributed by atoms with E-state index in [0.29, 0.717) is 0 Å². The highest BCUT2D eigenvalue weighted by atomic mass is 32.2. The van der Waals surface area contributed by atoms with Gasteiger partial charge in [-0.3, -0.25) is 0 Å². The fraction of sp³-hybridized carbons (Fsp3) is 0.346. The number of nitrogens with zero attached hydrogens (tertiary/aromatic N) is 1. The molecular formula is C26H24NOS+. The van der Waals surface area contributed by atoms with E-state index in [4.69, 9.17) is 4.42 Å². The average Bonchev–Trinajstić information content (AvgIpc) is 3.46. The molecule has 2 fully saturated rings. The second kappa shape index (κ2) is 5.66. The second-order valence-electron chi connectivity index (χ2n) is 9.35. The lowest BCUT2D eigenvalue weighted by molar-refractivity contribution is -0.659. The number of fused-ring (bicyclic) bond motifs is 5. The van der Waals surface area contributed by atoms with Crippen molar-refractivity contribution in [2.45, 2.75) is 48.3 Å². The van der Waals surface area contributed by atoms with E-state index >= 15 is 0 Å². The van der Waals surface area contributed by atoms with Crippen LogP contribution < -0.4 is 4.57 Å². The number of aryl methyl sites for hydroxylation is 2. The van der Waals surface area contributed by atoms with E-state index in [2.05, 4.69) is 55.1 Å². The van der Waals surface area contributed by atoms with Crippen molar-refractivity contribution >= 4 is 33.5 Å². The van der Waals surface area contributed by atoms with Crippen LogP contribution in [0.25, 0.3) is 33.0 Å². The Bertz CT molecular complexity index is 1330. The molecule has 2 nitrogen and oxygen atoms in total. The van der Waals surface area contributed by atoms with Crippen molar-refractivity contribution in [3.8, 4) is 11.3 Å². The largest absolute Gasteiger partial charge is 0.464 e. The molecule has 3 atom stereocenters. The first kappa shape index (κ1) is 16.5. The summed E-state index contributed by atoms with van der Waals surface area (Å²) in [6, 6.07) is 11.7. The SMILES string of the molecule is Cc1c2c(cc3occc13)Sc1cc(C3CC4CCC3C4)cc3cc[n+](C)c-2c13. The standard InChI is InChI=1S/C26H24NOS/c1-14-19-6-8-28-21(19)13-23-24(14)26-25-17(5-7-27(26)2)11-18(12-22(25)29-23)20-10-15-3-4-16(20)9-15/h5-8,11-13,15-16,20H,3-4,9-10H2,1-2H3/q+1. The fourth-order valence-electron chi connectivity index (χ4n) is 6.48. The Kier molecular flexibility index (Phi) is 3.23. The van der Waals surface area contributed by atoms with Crippen molar-refractivity contribution in [1.29, 1.82) is 0 Å². The minimum absolute atomic E-state index is 0.767. The fourth-order valence-corrected chi connectivity index (χ4v) is 7.75. The molecule has 0 saturated heterocycles. The monoisotopic (exact) mass is 398 g/mol. The van der Waals surface area contributed by atoms with Gasteiger partial charge in [0.25, 0.3) is 0 Å². The summed E-state index contributed by atoms with van der Waals surface area (Å²) in [6.07, 6.45) is 9.81.